The van der Waals surface area contributed by atoms with Gasteiger partial charge in [0.2, 0.25) is 5.91 Å². The van der Waals surface area contributed by atoms with Gasteiger partial charge in [0.05, 0.1) is 6.10 Å². The quantitative estimate of drug-likeness (QED) is 0.283. The van der Waals surface area contributed by atoms with Crippen LogP contribution < -0.4 is 5.32 Å². The first kappa shape index (κ1) is 25.4. The molecule has 1 saturated heterocycles. The van der Waals surface area contributed by atoms with Crippen LogP contribution in [0.3, 0.4) is 0 Å². The molecule has 5 nitrogen and oxygen atoms in total. The normalized spacial score (nSPS) is 18.2. The Morgan fingerprint density at radius 2 is 1.57 bits per heavy atom. The van der Waals surface area contributed by atoms with E-state index in [2.05, 4.69) is 12.2 Å². The van der Waals surface area contributed by atoms with Gasteiger partial charge in [-0.25, -0.2) is 0 Å². The summed E-state index contributed by atoms with van der Waals surface area (Å²) in [6, 6.07) is 0. The van der Waals surface area contributed by atoms with Crippen LogP contribution >= 0.6 is 0 Å². The summed E-state index contributed by atoms with van der Waals surface area (Å²) in [4.78, 5) is 13.2. The highest BCUT2D eigenvalue weighted by atomic mass is 16.3. The van der Waals surface area contributed by atoms with E-state index in [-0.39, 0.29) is 12.0 Å². The third-order valence-electron chi connectivity index (χ3n) is 5.82. The maximum Gasteiger partial charge on any atom is 0.224 e. The molecule has 0 saturated carbocycles. The molecule has 0 aromatic rings. The van der Waals surface area contributed by atoms with E-state index in [9.17, 15) is 15.0 Å². The van der Waals surface area contributed by atoms with E-state index < -0.39 is 6.23 Å². The van der Waals surface area contributed by atoms with Crippen LogP contribution in [-0.2, 0) is 4.79 Å². The molecule has 0 radical (unpaired) electrons. The minimum Gasteiger partial charge on any atom is -0.392 e. The molecule has 28 heavy (non-hydrogen) atoms. The van der Waals surface area contributed by atoms with Crippen LogP contribution in [0.4, 0.5) is 0 Å². The van der Waals surface area contributed by atoms with Gasteiger partial charge in [-0.05, 0) is 25.8 Å². The van der Waals surface area contributed by atoms with Gasteiger partial charge in [0.15, 0.2) is 0 Å². The van der Waals surface area contributed by atoms with Gasteiger partial charge in [-0.3, -0.25) is 4.79 Å². The Labute approximate surface area is 173 Å². The zero-order chi connectivity index (χ0) is 20.5. The number of amides is 1. The average Bonchev–Trinajstić information content (AvgIpc) is 3.00. The summed E-state index contributed by atoms with van der Waals surface area (Å²) in [7, 11) is 0. The minimum atomic E-state index is -0.542. The second kappa shape index (κ2) is 17.2. The van der Waals surface area contributed by atoms with Crippen molar-refractivity contribution < 1.29 is 15.0 Å². The number of aliphatic hydroxyl groups is 2. The van der Waals surface area contributed by atoms with Crippen LogP contribution in [0.2, 0.25) is 0 Å². The number of carbonyl (C=O) groups excluding carboxylic acids is 1. The topological polar surface area (TPSA) is 72.8 Å². The number of carbonyl (C=O) groups is 1. The molecular weight excluding hydrogens is 352 g/mol. The van der Waals surface area contributed by atoms with E-state index in [1.54, 1.807) is 4.90 Å². The lowest BCUT2D eigenvalue weighted by molar-refractivity contribution is -0.133. The molecule has 1 fully saturated rings. The number of likely N-dealkylation sites (tertiary alicyclic amines) is 1. The van der Waals surface area contributed by atoms with Crippen molar-refractivity contribution in [3.63, 3.8) is 0 Å². The first-order valence-corrected chi connectivity index (χ1v) is 12.0. The number of unbranched alkanes of at least 4 members (excludes halogenated alkanes) is 11. The molecule has 1 amide bonds. The standard InChI is InChI=1S/C23H46N2O3/c1-2-3-4-5-10-13-18-24-20-21(26)15-12-9-7-6-8-11-14-19-25-22(27)16-17-23(25)28/h21-22,24,26-27H,2-20H2,1H3. The number of hydrogen-bond donors (Lipinski definition) is 3. The second-order valence-electron chi connectivity index (χ2n) is 8.50. The Morgan fingerprint density at radius 3 is 2.21 bits per heavy atom. The average molecular weight is 399 g/mol. The molecule has 0 aromatic carbocycles. The van der Waals surface area contributed by atoms with Crippen molar-refractivity contribution in [2.75, 3.05) is 19.6 Å². The fourth-order valence-electron chi connectivity index (χ4n) is 3.94. The lowest BCUT2D eigenvalue weighted by Crippen LogP contribution is -2.33. The first-order valence-electron chi connectivity index (χ1n) is 12.0. The summed E-state index contributed by atoms with van der Waals surface area (Å²) in [5, 5.41) is 23.1. The number of aliphatic hydroxyl groups excluding tert-OH is 2. The van der Waals surface area contributed by atoms with Crippen LogP contribution in [0.5, 0.6) is 0 Å². The number of rotatable bonds is 19. The van der Waals surface area contributed by atoms with Gasteiger partial charge in [0.25, 0.3) is 0 Å². The van der Waals surface area contributed by atoms with Crippen LogP contribution in [0.1, 0.15) is 110 Å². The molecular formula is C23H46N2O3. The Bertz CT molecular complexity index is 379. The van der Waals surface area contributed by atoms with Crippen LogP contribution in [0, 0.1) is 0 Å². The van der Waals surface area contributed by atoms with Crippen molar-refractivity contribution in [3.8, 4) is 0 Å². The third kappa shape index (κ3) is 12.7. The summed E-state index contributed by atoms with van der Waals surface area (Å²) >= 11 is 0. The Balaban J connectivity index is 1.78. The maximum absolute atomic E-state index is 11.6. The summed E-state index contributed by atoms with van der Waals surface area (Å²) in [6.45, 7) is 4.72. The summed E-state index contributed by atoms with van der Waals surface area (Å²) < 4.78 is 0. The minimum absolute atomic E-state index is 0.104. The SMILES string of the molecule is CCCCCCCCNCC(O)CCCCCCCCCN1C(=O)CCC1O. The van der Waals surface area contributed by atoms with E-state index >= 15 is 0 Å². The van der Waals surface area contributed by atoms with Gasteiger partial charge in [-0.2, -0.15) is 0 Å². The van der Waals surface area contributed by atoms with E-state index in [4.69, 9.17) is 0 Å². The number of nitrogens with one attached hydrogen (secondary N) is 1. The highest BCUT2D eigenvalue weighted by molar-refractivity contribution is 5.78. The van der Waals surface area contributed by atoms with Crippen molar-refractivity contribution in [2.24, 2.45) is 0 Å². The smallest absolute Gasteiger partial charge is 0.224 e. The fourth-order valence-corrected chi connectivity index (χ4v) is 3.94. The van der Waals surface area contributed by atoms with Gasteiger partial charge >= 0.3 is 0 Å². The number of nitrogens with zero attached hydrogens (tertiary/aromatic N) is 1. The first-order chi connectivity index (χ1) is 13.6. The highest BCUT2D eigenvalue weighted by Gasteiger charge is 2.28. The van der Waals surface area contributed by atoms with Gasteiger partial charge in [0, 0.05) is 25.9 Å². The molecule has 1 heterocycles. The lowest BCUT2D eigenvalue weighted by atomic mass is 10.1. The third-order valence-corrected chi connectivity index (χ3v) is 5.82. The monoisotopic (exact) mass is 398 g/mol. The van der Waals surface area contributed by atoms with Crippen molar-refractivity contribution in [1.29, 1.82) is 0 Å². The molecule has 5 heteroatoms. The Hall–Kier alpha value is -0.650. The molecule has 2 unspecified atom stereocenters. The largest absolute Gasteiger partial charge is 0.392 e. The molecule has 0 aliphatic carbocycles. The molecule has 0 aromatic heterocycles. The molecule has 3 N–H and O–H groups in total. The molecule has 1 aliphatic rings. The fraction of sp³-hybridized carbons (Fsp3) is 0.957. The molecule has 1 aliphatic heterocycles. The van der Waals surface area contributed by atoms with E-state index in [1.165, 1.54) is 64.2 Å². The number of hydrogen-bond acceptors (Lipinski definition) is 4. The van der Waals surface area contributed by atoms with E-state index in [1.807, 2.05) is 0 Å². The Morgan fingerprint density at radius 1 is 0.964 bits per heavy atom. The lowest BCUT2D eigenvalue weighted by Gasteiger charge is -2.20. The Kier molecular flexibility index (Phi) is 15.6. The molecule has 2 atom stereocenters. The van der Waals surface area contributed by atoms with Crippen LogP contribution in [0.25, 0.3) is 0 Å². The molecule has 166 valence electrons. The predicted molar refractivity (Wildman–Crippen MR) is 116 cm³/mol. The second-order valence-corrected chi connectivity index (χ2v) is 8.50. The summed E-state index contributed by atoms with van der Waals surface area (Å²) in [5.74, 6) is 0.104. The zero-order valence-electron chi connectivity index (χ0n) is 18.3. The van der Waals surface area contributed by atoms with Crippen molar-refractivity contribution in [1.82, 2.24) is 10.2 Å². The molecule has 0 bridgehead atoms. The van der Waals surface area contributed by atoms with Gasteiger partial charge in [-0.15, -0.1) is 0 Å². The maximum atomic E-state index is 11.6. The molecule has 0 spiro atoms. The van der Waals surface area contributed by atoms with Crippen LogP contribution in [0.15, 0.2) is 0 Å². The van der Waals surface area contributed by atoms with Crippen molar-refractivity contribution in [3.05, 3.63) is 0 Å². The van der Waals surface area contributed by atoms with Gasteiger partial charge in [0.1, 0.15) is 6.23 Å². The molecule has 1 rings (SSSR count). The van der Waals surface area contributed by atoms with E-state index in [0.717, 1.165) is 38.8 Å². The zero-order valence-corrected chi connectivity index (χ0v) is 18.3. The van der Waals surface area contributed by atoms with Gasteiger partial charge in [-0.1, -0.05) is 77.6 Å². The van der Waals surface area contributed by atoms with E-state index in [0.29, 0.717) is 19.4 Å². The highest BCUT2D eigenvalue weighted by Crippen LogP contribution is 2.17. The van der Waals surface area contributed by atoms with Crippen LogP contribution in [-0.4, -0.2) is 53.0 Å². The predicted octanol–water partition coefficient (Wildman–Crippen LogP) is 4.36. The summed E-state index contributed by atoms with van der Waals surface area (Å²) in [6.07, 6.45) is 17.2. The van der Waals surface area contributed by atoms with Crippen molar-refractivity contribution in [2.45, 2.75) is 122 Å². The van der Waals surface area contributed by atoms with Crippen molar-refractivity contribution >= 4 is 5.91 Å². The summed E-state index contributed by atoms with van der Waals surface area (Å²) in [5.41, 5.74) is 0. The van der Waals surface area contributed by atoms with Gasteiger partial charge < -0.3 is 20.4 Å².